The van der Waals surface area contributed by atoms with E-state index in [0.717, 1.165) is 29.1 Å². The van der Waals surface area contributed by atoms with Crippen LogP contribution >= 0.6 is 11.3 Å². The summed E-state index contributed by atoms with van der Waals surface area (Å²) >= 11 is 0.954. The highest BCUT2D eigenvalue weighted by molar-refractivity contribution is 7.17. The molecule has 5 rings (SSSR count). The lowest BCUT2D eigenvalue weighted by Gasteiger charge is -2.24. The topological polar surface area (TPSA) is 124 Å². The third kappa shape index (κ3) is 5.69. The lowest BCUT2D eigenvalue weighted by Crippen LogP contribution is -2.29. The first-order valence-electron chi connectivity index (χ1n) is 14.3. The number of hydrogen-bond acceptors (Lipinski definition) is 10. The summed E-state index contributed by atoms with van der Waals surface area (Å²) in [7, 11) is 0. The van der Waals surface area contributed by atoms with Gasteiger partial charge in [0.25, 0.3) is 5.78 Å². The molecule has 2 aliphatic heterocycles. The smallest absolute Gasteiger partial charge is 0.350 e. The van der Waals surface area contributed by atoms with Crippen LogP contribution in [0.25, 0.3) is 5.76 Å². The maximum absolute atomic E-state index is 13.7. The van der Waals surface area contributed by atoms with Gasteiger partial charge in [0.1, 0.15) is 22.5 Å². The number of aryl methyl sites for hydroxylation is 1. The van der Waals surface area contributed by atoms with Gasteiger partial charge >= 0.3 is 11.9 Å². The Morgan fingerprint density at radius 1 is 1.09 bits per heavy atom. The van der Waals surface area contributed by atoms with E-state index in [1.807, 2.05) is 20.8 Å². The summed E-state index contributed by atoms with van der Waals surface area (Å²) in [5, 5.41) is 11.8. The zero-order chi connectivity index (χ0) is 30.8. The molecule has 2 aliphatic rings. The lowest BCUT2D eigenvalue weighted by molar-refractivity contribution is -0.132. The summed E-state index contributed by atoms with van der Waals surface area (Å²) in [6, 6.07) is 9.28. The van der Waals surface area contributed by atoms with E-state index >= 15 is 0 Å². The number of aromatic nitrogens is 1. The van der Waals surface area contributed by atoms with E-state index < -0.39 is 23.7 Å². The Morgan fingerprint density at radius 3 is 2.60 bits per heavy atom. The molecular formula is C32H34N2O8S. The number of ether oxygens (including phenoxy) is 4. The average Bonchev–Trinajstić information content (AvgIpc) is 3.63. The molecule has 2 atom stereocenters. The highest BCUT2D eigenvalue weighted by Crippen LogP contribution is 2.46. The molecule has 1 saturated heterocycles. The molecule has 0 bridgehead atoms. The molecule has 11 heteroatoms. The number of benzene rings is 2. The molecule has 2 aromatic carbocycles. The van der Waals surface area contributed by atoms with E-state index in [1.54, 1.807) is 50.2 Å². The van der Waals surface area contributed by atoms with E-state index in [-0.39, 0.29) is 34.1 Å². The van der Waals surface area contributed by atoms with Crippen LogP contribution in [-0.4, -0.2) is 53.7 Å². The normalized spacial score (nSPS) is 18.9. The highest BCUT2D eigenvalue weighted by atomic mass is 32.1. The summed E-state index contributed by atoms with van der Waals surface area (Å²) in [5.41, 5.74) is 2.04. The summed E-state index contributed by atoms with van der Waals surface area (Å²) in [6.45, 7) is 10.1. The number of nitrogens with zero attached hydrogens (tertiary/aromatic N) is 2. The van der Waals surface area contributed by atoms with Crippen LogP contribution in [-0.2, 0) is 20.7 Å². The molecule has 0 radical (unpaired) electrons. The first kappa shape index (κ1) is 30.1. The number of aliphatic hydroxyl groups is 1. The molecule has 1 fully saturated rings. The average molecular weight is 607 g/mol. The van der Waals surface area contributed by atoms with Crippen molar-refractivity contribution >= 4 is 39.9 Å². The van der Waals surface area contributed by atoms with Crippen LogP contribution in [0.1, 0.15) is 72.2 Å². The number of esters is 1. The van der Waals surface area contributed by atoms with Crippen LogP contribution in [0.2, 0.25) is 0 Å². The second kappa shape index (κ2) is 12.5. The van der Waals surface area contributed by atoms with Crippen molar-refractivity contribution in [3.05, 3.63) is 69.2 Å². The third-order valence-electron chi connectivity index (χ3n) is 7.11. The van der Waals surface area contributed by atoms with Gasteiger partial charge in [0.2, 0.25) is 0 Å². The Hall–Kier alpha value is -4.38. The highest BCUT2D eigenvalue weighted by Gasteiger charge is 2.49. The predicted molar refractivity (Wildman–Crippen MR) is 161 cm³/mol. The summed E-state index contributed by atoms with van der Waals surface area (Å²) < 4.78 is 22.7. The number of rotatable bonds is 10. The maximum Gasteiger partial charge on any atom is 0.350 e. The quantitative estimate of drug-likeness (QED) is 0.133. The molecule has 1 aromatic heterocycles. The van der Waals surface area contributed by atoms with Gasteiger partial charge in [-0.25, -0.2) is 9.78 Å². The molecule has 3 heterocycles. The van der Waals surface area contributed by atoms with Crippen molar-refractivity contribution in [1.29, 1.82) is 0 Å². The van der Waals surface area contributed by atoms with Crippen LogP contribution in [0, 0.1) is 6.92 Å². The first-order chi connectivity index (χ1) is 20.7. The number of amides is 1. The monoisotopic (exact) mass is 606 g/mol. The van der Waals surface area contributed by atoms with Gasteiger partial charge in [0.15, 0.2) is 16.6 Å². The van der Waals surface area contributed by atoms with Crippen LogP contribution < -0.4 is 19.1 Å². The zero-order valence-corrected chi connectivity index (χ0v) is 25.6. The van der Waals surface area contributed by atoms with Crippen molar-refractivity contribution in [3.63, 3.8) is 0 Å². The van der Waals surface area contributed by atoms with Crippen molar-refractivity contribution < 1.29 is 38.4 Å². The number of Topliss-reactive ketones (excluding diaryl/α,β-unsaturated/α-hetero) is 1. The van der Waals surface area contributed by atoms with E-state index in [9.17, 15) is 19.5 Å². The lowest BCUT2D eigenvalue weighted by atomic mass is 9.94. The molecule has 0 spiro atoms. The first-order valence-corrected chi connectivity index (χ1v) is 15.1. The molecular weight excluding hydrogens is 572 g/mol. The standard InChI is InChI=1S/C32H34N2O8S/c1-6-13-41-23-12-9-19(16-24(23)39-7-2)26-25(27(35)20-10-11-22-21(15-20)14-17(4)42-22)28(36)30(37)34(26)32-33-18(5)29(43-32)31(38)40-8-3/h9-12,15-17,26,35H,6-8,13-14H2,1-5H3/b27-25+/t17-,26-/m0/s1. The van der Waals surface area contributed by atoms with Gasteiger partial charge in [0, 0.05) is 12.0 Å². The van der Waals surface area contributed by atoms with Gasteiger partial charge < -0.3 is 24.1 Å². The second-order valence-corrected chi connectivity index (χ2v) is 11.2. The number of thiazole rings is 1. The van der Waals surface area contributed by atoms with Crippen LogP contribution in [0.4, 0.5) is 5.13 Å². The molecule has 0 unspecified atom stereocenters. The van der Waals surface area contributed by atoms with E-state index in [2.05, 4.69) is 4.98 Å². The van der Waals surface area contributed by atoms with E-state index in [4.69, 9.17) is 18.9 Å². The Kier molecular flexibility index (Phi) is 8.72. The van der Waals surface area contributed by atoms with E-state index in [0.29, 0.717) is 48.0 Å². The zero-order valence-electron chi connectivity index (χ0n) is 24.8. The van der Waals surface area contributed by atoms with Gasteiger partial charge in [-0.15, -0.1) is 0 Å². The van der Waals surface area contributed by atoms with Gasteiger partial charge in [-0.05, 0) is 75.6 Å². The largest absolute Gasteiger partial charge is 0.507 e. The minimum Gasteiger partial charge on any atom is -0.507 e. The summed E-state index contributed by atoms with van der Waals surface area (Å²) in [5.74, 6) is -0.966. The van der Waals surface area contributed by atoms with E-state index in [1.165, 1.54) is 4.90 Å². The molecule has 1 N–H and O–H groups in total. The Bertz CT molecular complexity index is 1610. The minimum atomic E-state index is -1.07. The SMILES string of the molecule is CCCOc1ccc([C@H]2/C(=C(\O)c3ccc4c(c3)C[C@H](C)O4)C(=O)C(=O)N2c2nc(C)c(C(=O)OCC)s2)cc1OCC. The van der Waals surface area contributed by atoms with Crippen molar-refractivity contribution in [2.24, 2.45) is 0 Å². The number of fused-ring (bicyclic) bond motifs is 1. The molecule has 226 valence electrons. The number of hydrogen-bond donors (Lipinski definition) is 1. The molecule has 10 nitrogen and oxygen atoms in total. The van der Waals surface area contributed by atoms with Crippen LogP contribution in [0.3, 0.4) is 0 Å². The Labute approximate surface area is 253 Å². The molecule has 0 aliphatic carbocycles. The fourth-order valence-corrected chi connectivity index (χ4v) is 6.22. The van der Waals surface area contributed by atoms with Gasteiger partial charge in [-0.3, -0.25) is 14.5 Å². The number of anilines is 1. The number of ketones is 1. The van der Waals surface area contributed by atoms with Crippen LogP contribution in [0.15, 0.2) is 42.0 Å². The van der Waals surface area contributed by atoms with Crippen molar-refractivity contribution in [2.75, 3.05) is 24.7 Å². The Balaban J connectivity index is 1.68. The van der Waals surface area contributed by atoms with Crippen molar-refractivity contribution in [1.82, 2.24) is 4.98 Å². The molecule has 43 heavy (non-hydrogen) atoms. The van der Waals surface area contributed by atoms with Gasteiger partial charge in [0.05, 0.1) is 37.1 Å². The Morgan fingerprint density at radius 2 is 1.88 bits per heavy atom. The predicted octanol–water partition coefficient (Wildman–Crippen LogP) is 5.77. The summed E-state index contributed by atoms with van der Waals surface area (Å²) in [6.07, 6.45) is 1.44. The summed E-state index contributed by atoms with van der Waals surface area (Å²) in [4.78, 5) is 46.0. The minimum absolute atomic E-state index is 0.00913. The fourth-order valence-electron chi connectivity index (χ4n) is 5.24. The molecule has 0 saturated carbocycles. The van der Waals surface area contributed by atoms with Crippen LogP contribution in [0.5, 0.6) is 17.2 Å². The second-order valence-electron chi connectivity index (χ2n) is 10.2. The maximum atomic E-state index is 13.7. The fraction of sp³-hybridized carbons (Fsp3) is 0.375. The number of aliphatic hydroxyl groups excluding tert-OH is 1. The van der Waals surface area contributed by atoms with Gasteiger partial charge in [-0.1, -0.05) is 24.3 Å². The number of carbonyl (C=O) groups excluding carboxylic acids is 3. The van der Waals surface area contributed by atoms with Gasteiger partial charge in [-0.2, -0.15) is 0 Å². The van der Waals surface area contributed by atoms with Crippen molar-refractivity contribution in [3.8, 4) is 17.2 Å². The third-order valence-corrected chi connectivity index (χ3v) is 8.25. The molecule has 3 aromatic rings. The van der Waals surface area contributed by atoms with Crippen molar-refractivity contribution in [2.45, 2.75) is 59.6 Å². The number of carbonyl (C=O) groups is 3. The molecule has 1 amide bonds.